The van der Waals surface area contributed by atoms with Crippen LogP contribution < -0.4 is 30.7 Å². The van der Waals surface area contributed by atoms with Crippen LogP contribution in [0, 0.1) is 13.8 Å². The molecule has 3 atom stereocenters. The first-order valence-corrected chi connectivity index (χ1v) is 17.6. The molecule has 0 radical (unpaired) electrons. The van der Waals surface area contributed by atoms with Crippen LogP contribution in [0.15, 0.2) is 65.2 Å². The molecule has 5 amide bonds. The number of carbonyl (C=O) groups is 5. The second kappa shape index (κ2) is 15.7. The Labute approximate surface area is 306 Å². The van der Waals surface area contributed by atoms with Gasteiger partial charge in [0.1, 0.15) is 36.2 Å². The summed E-state index contributed by atoms with van der Waals surface area (Å²) in [7, 11) is 0. The molecular formula is C38H43N7O8. The molecule has 15 nitrogen and oxygen atoms in total. The first-order valence-electron chi connectivity index (χ1n) is 17.6. The molecule has 2 aromatic carbocycles. The van der Waals surface area contributed by atoms with Crippen molar-refractivity contribution < 1.29 is 38.0 Å². The lowest BCUT2D eigenvalue weighted by molar-refractivity contribution is -0.143. The number of hydrogen-bond donors (Lipinski definition) is 4. The van der Waals surface area contributed by atoms with Gasteiger partial charge in [0.2, 0.25) is 17.7 Å². The molecule has 1 spiro atoms. The number of aryl methyl sites for hydroxylation is 2. The number of nitrogens with zero attached hydrogens (tertiary/aromatic N) is 3. The van der Waals surface area contributed by atoms with Crippen molar-refractivity contribution in [2.75, 3.05) is 26.2 Å². The highest BCUT2D eigenvalue weighted by Gasteiger charge is 2.46. The highest BCUT2D eigenvalue weighted by molar-refractivity contribution is 6.06. The van der Waals surface area contributed by atoms with Gasteiger partial charge in [-0.3, -0.25) is 24.0 Å². The molecule has 3 aliphatic heterocycles. The molecule has 4 N–H and O–H groups in total. The summed E-state index contributed by atoms with van der Waals surface area (Å²) in [5, 5.41) is 15.5. The van der Waals surface area contributed by atoms with E-state index < -0.39 is 47.4 Å². The van der Waals surface area contributed by atoms with Gasteiger partial charge in [-0.25, -0.2) is 4.98 Å². The van der Waals surface area contributed by atoms with E-state index in [0.29, 0.717) is 33.8 Å². The third-order valence-electron chi connectivity index (χ3n) is 9.46. The van der Waals surface area contributed by atoms with Gasteiger partial charge in [0.25, 0.3) is 17.5 Å². The summed E-state index contributed by atoms with van der Waals surface area (Å²) in [4.78, 5) is 74.0. The molecule has 1 saturated heterocycles. The van der Waals surface area contributed by atoms with Crippen molar-refractivity contribution in [3.63, 3.8) is 0 Å². The largest absolute Gasteiger partial charge is 0.492 e. The van der Waals surface area contributed by atoms with E-state index in [4.69, 9.17) is 14.0 Å². The number of likely N-dealkylation sites (tertiary alicyclic amines) is 1. The number of hydrogen-bond acceptors (Lipinski definition) is 10. The molecule has 4 aromatic rings. The quantitative estimate of drug-likeness (QED) is 0.228. The summed E-state index contributed by atoms with van der Waals surface area (Å²) in [6.07, 6.45) is 0.374. The van der Waals surface area contributed by atoms with Crippen LogP contribution >= 0.6 is 0 Å². The van der Waals surface area contributed by atoms with E-state index in [2.05, 4.69) is 31.4 Å². The van der Waals surface area contributed by atoms with Crippen LogP contribution in [0.3, 0.4) is 0 Å². The van der Waals surface area contributed by atoms with Gasteiger partial charge in [0, 0.05) is 38.0 Å². The van der Waals surface area contributed by atoms with Crippen LogP contribution in [-0.4, -0.2) is 94.5 Å². The highest BCUT2D eigenvalue weighted by Crippen LogP contribution is 2.32. The zero-order chi connectivity index (χ0) is 37.7. The number of benzene rings is 2. The van der Waals surface area contributed by atoms with Crippen LogP contribution in [-0.2, 0) is 25.6 Å². The van der Waals surface area contributed by atoms with Gasteiger partial charge in [-0.2, -0.15) is 0 Å². The Morgan fingerprint density at radius 1 is 0.868 bits per heavy atom. The van der Waals surface area contributed by atoms with Crippen molar-refractivity contribution in [3.8, 4) is 11.5 Å². The highest BCUT2D eigenvalue weighted by atomic mass is 16.5. The minimum absolute atomic E-state index is 0.115. The van der Waals surface area contributed by atoms with Crippen LogP contribution in [0.5, 0.6) is 11.5 Å². The molecule has 278 valence electrons. The summed E-state index contributed by atoms with van der Waals surface area (Å²) < 4.78 is 17.6. The standard InChI is InChI=1S/C38H43N7O8/c1-22-20-29(31-23(2)44-53-35(31)40-22)36(49)45-17-14-38(15-18-45)37(50)42-25(4)33(47)43-30(21-26-8-6-5-7-9-26)34(48)41-24(3)32(46)39-16-19-51-27-10-12-28(52-38)13-11-27/h5-13,20,24-25,30H,14-19,21H2,1-4H3,(H,39,46)(H,41,48)(H,42,50)(H,43,47)/t24-,25-,30-/m0/s1. The van der Waals surface area contributed by atoms with Gasteiger partial charge < -0.3 is 40.2 Å². The van der Waals surface area contributed by atoms with Crippen LogP contribution in [0.2, 0.25) is 0 Å². The fourth-order valence-electron chi connectivity index (χ4n) is 6.46. The molecule has 2 aromatic heterocycles. The number of rotatable bonds is 3. The molecule has 7 rings (SSSR count). The molecule has 53 heavy (non-hydrogen) atoms. The van der Waals surface area contributed by atoms with Crippen molar-refractivity contribution in [1.82, 2.24) is 36.3 Å². The topological polar surface area (TPSA) is 194 Å². The second-order valence-corrected chi connectivity index (χ2v) is 13.4. The Balaban J connectivity index is 1.25. The number of amides is 5. The zero-order valence-corrected chi connectivity index (χ0v) is 30.1. The van der Waals surface area contributed by atoms with Crippen molar-refractivity contribution >= 4 is 40.6 Å². The van der Waals surface area contributed by atoms with E-state index in [1.165, 1.54) is 6.92 Å². The fraction of sp³-hybridized carbons (Fsp3) is 0.395. The molecular weight excluding hydrogens is 682 g/mol. The van der Waals surface area contributed by atoms with E-state index in [1.807, 2.05) is 30.3 Å². The first-order chi connectivity index (χ1) is 25.4. The van der Waals surface area contributed by atoms with E-state index in [-0.39, 0.29) is 57.1 Å². The monoisotopic (exact) mass is 725 g/mol. The maximum atomic E-state index is 14.2. The Morgan fingerprint density at radius 2 is 1.55 bits per heavy atom. The lowest BCUT2D eigenvalue weighted by Crippen LogP contribution is -2.61. The third-order valence-corrected chi connectivity index (χ3v) is 9.46. The summed E-state index contributed by atoms with van der Waals surface area (Å²) in [5.74, 6) is -1.49. The van der Waals surface area contributed by atoms with Crippen molar-refractivity contribution in [1.29, 1.82) is 0 Å². The Morgan fingerprint density at radius 3 is 2.26 bits per heavy atom. The van der Waals surface area contributed by atoms with Gasteiger partial charge in [0.05, 0.1) is 23.2 Å². The summed E-state index contributed by atoms with van der Waals surface area (Å²) in [5.41, 5.74) is 1.17. The van der Waals surface area contributed by atoms with Gasteiger partial charge in [-0.05, 0) is 63.6 Å². The molecule has 15 heteroatoms. The van der Waals surface area contributed by atoms with E-state index in [0.717, 1.165) is 5.56 Å². The van der Waals surface area contributed by atoms with Crippen molar-refractivity contribution in [2.24, 2.45) is 0 Å². The van der Waals surface area contributed by atoms with Crippen LogP contribution in [0.4, 0.5) is 0 Å². The maximum Gasteiger partial charge on any atom is 0.264 e. The Kier molecular flexibility index (Phi) is 10.9. The van der Waals surface area contributed by atoms with Gasteiger partial charge in [-0.1, -0.05) is 35.5 Å². The third kappa shape index (κ3) is 8.40. The molecule has 2 bridgehead atoms. The Bertz CT molecular complexity index is 1990. The fourth-order valence-corrected chi connectivity index (χ4v) is 6.46. The van der Waals surface area contributed by atoms with E-state index in [1.54, 1.807) is 56.0 Å². The van der Waals surface area contributed by atoms with E-state index >= 15 is 0 Å². The summed E-state index contributed by atoms with van der Waals surface area (Å²) in [6, 6.07) is 14.5. The van der Waals surface area contributed by atoms with E-state index in [9.17, 15) is 24.0 Å². The van der Waals surface area contributed by atoms with Crippen LogP contribution in [0.25, 0.3) is 11.1 Å². The molecule has 0 unspecified atom stereocenters. The maximum absolute atomic E-state index is 14.2. The number of piperidine rings is 1. The molecule has 0 aliphatic carbocycles. The zero-order valence-electron chi connectivity index (χ0n) is 30.1. The van der Waals surface area contributed by atoms with Gasteiger partial charge in [0.15, 0.2) is 5.60 Å². The van der Waals surface area contributed by atoms with Crippen molar-refractivity contribution in [2.45, 2.75) is 70.7 Å². The summed E-state index contributed by atoms with van der Waals surface area (Å²) >= 11 is 0. The number of aromatic nitrogens is 2. The lowest BCUT2D eigenvalue weighted by atomic mass is 9.89. The van der Waals surface area contributed by atoms with Crippen LogP contribution in [0.1, 0.15) is 54.0 Å². The number of ether oxygens (including phenoxy) is 2. The summed E-state index contributed by atoms with van der Waals surface area (Å²) in [6.45, 7) is 7.26. The second-order valence-electron chi connectivity index (χ2n) is 13.4. The molecule has 1 fully saturated rings. The normalized spacial score (nSPS) is 21.5. The number of pyridine rings is 1. The number of nitrogens with one attached hydrogen (secondary N) is 4. The number of fused-ring (bicyclic) bond motifs is 16. The minimum Gasteiger partial charge on any atom is -0.492 e. The molecule has 5 heterocycles. The van der Waals surface area contributed by atoms with Gasteiger partial charge >= 0.3 is 0 Å². The van der Waals surface area contributed by atoms with Gasteiger partial charge in [-0.15, -0.1) is 0 Å². The average Bonchev–Trinajstić information content (AvgIpc) is 3.52. The Hall–Kier alpha value is -5.99. The lowest BCUT2D eigenvalue weighted by Gasteiger charge is -2.41. The SMILES string of the molecule is Cc1cc(C(=O)N2CCC3(CC2)Oc2ccc(cc2)OCCNC(=O)[C@H](C)NC(=O)[C@H](Cc2ccccc2)NC(=O)[C@H](C)NC3=O)c2c(C)noc2n1. The predicted octanol–water partition coefficient (Wildman–Crippen LogP) is 2.14. The first kappa shape index (κ1) is 36.8. The molecule has 0 saturated carbocycles. The predicted molar refractivity (Wildman–Crippen MR) is 192 cm³/mol. The average molecular weight is 726 g/mol. The number of carbonyl (C=O) groups excluding carboxylic acids is 5. The van der Waals surface area contributed by atoms with Crippen molar-refractivity contribution in [3.05, 3.63) is 83.2 Å². The smallest absolute Gasteiger partial charge is 0.264 e. The minimum atomic E-state index is -1.45. The molecule has 3 aliphatic rings.